The zero-order chi connectivity index (χ0) is 14.1. The Hall–Kier alpha value is -1.43. The van der Waals surface area contributed by atoms with Crippen LogP contribution in [-0.2, 0) is 28.6 Å². The number of ketones is 1. The maximum Gasteiger partial charge on any atom is 0.331 e. The third kappa shape index (κ3) is 1.69. The Morgan fingerprint density at radius 3 is 2.05 bits per heavy atom. The molecule has 0 aromatic heterocycles. The molecule has 3 saturated heterocycles. The van der Waals surface area contributed by atoms with Gasteiger partial charge in [0.25, 0.3) is 5.79 Å². The van der Waals surface area contributed by atoms with Crippen molar-refractivity contribution >= 4 is 17.7 Å². The Labute approximate surface area is 110 Å². The van der Waals surface area contributed by atoms with E-state index in [1.54, 1.807) is 0 Å². The predicted octanol–water partition coefficient (Wildman–Crippen LogP) is 0.577. The lowest BCUT2D eigenvalue weighted by Gasteiger charge is -2.43. The molecule has 6 nitrogen and oxygen atoms in total. The van der Waals surface area contributed by atoms with Crippen LogP contribution in [0.15, 0.2) is 0 Å². The number of Topliss-reactive ketones (excluding diaryl/α,β-unsaturated/α-hetero) is 1. The van der Waals surface area contributed by atoms with Gasteiger partial charge in [-0.3, -0.25) is 14.4 Å². The van der Waals surface area contributed by atoms with E-state index in [4.69, 9.17) is 14.2 Å². The molecule has 1 saturated carbocycles. The Morgan fingerprint density at radius 1 is 1.11 bits per heavy atom. The largest absolute Gasteiger partial charge is 0.422 e. The maximum absolute atomic E-state index is 12.5. The molecule has 0 N–H and O–H groups in total. The van der Waals surface area contributed by atoms with Crippen molar-refractivity contribution in [3.63, 3.8) is 0 Å². The Balaban J connectivity index is 1.82. The summed E-state index contributed by atoms with van der Waals surface area (Å²) in [5.41, 5.74) is -0.990. The van der Waals surface area contributed by atoms with E-state index in [-0.39, 0.29) is 12.2 Å². The molecule has 6 heteroatoms. The first-order valence-electron chi connectivity index (χ1n) is 6.31. The van der Waals surface area contributed by atoms with Crippen LogP contribution in [0.1, 0.15) is 33.6 Å². The first-order chi connectivity index (χ1) is 8.67. The molecule has 104 valence electrons. The average molecular weight is 268 g/mol. The summed E-state index contributed by atoms with van der Waals surface area (Å²) in [5.74, 6) is -4.82. The van der Waals surface area contributed by atoms with Crippen LogP contribution in [0.5, 0.6) is 0 Å². The minimum atomic E-state index is -1.46. The van der Waals surface area contributed by atoms with E-state index in [2.05, 4.69) is 0 Å². The Morgan fingerprint density at radius 2 is 1.63 bits per heavy atom. The second-order valence-corrected chi connectivity index (χ2v) is 6.41. The summed E-state index contributed by atoms with van der Waals surface area (Å²) in [5, 5.41) is 0. The van der Waals surface area contributed by atoms with Crippen LogP contribution >= 0.6 is 0 Å². The van der Waals surface area contributed by atoms with E-state index in [0.717, 1.165) is 0 Å². The lowest BCUT2D eigenvalue weighted by atomic mass is 9.59. The summed E-state index contributed by atoms with van der Waals surface area (Å²) in [6, 6.07) is 0. The summed E-state index contributed by atoms with van der Waals surface area (Å²) in [4.78, 5) is 36.2. The van der Waals surface area contributed by atoms with Crippen molar-refractivity contribution in [1.29, 1.82) is 0 Å². The number of carbonyl (C=O) groups excluding carboxylic acids is 3. The fourth-order valence-corrected chi connectivity index (χ4v) is 3.38. The molecule has 0 unspecified atom stereocenters. The summed E-state index contributed by atoms with van der Waals surface area (Å²) >= 11 is 0. The van der Waals surface area contributed by atoms with Crippen molar-refractivity contribution in [2.75, 3.05) is 6.61 Å². The van der Waals surface area contributed by atoms with Gasteiger partial charge >= 0.3 is 11.9 Å². The van der Waals surface area contributed by atoms with Gasteiger partial charge in [0, 0.05) is 13.8 Å². The monoisotopic (exact) mass is 268 g/mol. The minimum Gasteiger partial charge on any atom is -0.422 e. The molecule has 1 aliphatic carbocycles. The van der Waals surface area contributed by atoms with Crippen LogP contribution in [0.3, 0.4) is 0 Å². The summed E-state index contributed by atoms with van der Waals surface area (Å²) < 4.78 is 15.5. The van der Waals surface area contributed by atoms with E-state index in [0.29, 0.717) is 12.8 Å². The van der Waals surface area contributed by atoms with Gasteiger partial charge in [0.2, 0.25) is 5.92 Å². The fourth-order valence-electron chi connectivity index (χ4n) is 3.38. The molecule has 0 spiro atoms. The third-order valence-electron chi connectivity index (χ3n) is 4.07. The van der Waals surface area contributed by atoms with Crippen molar-refractivity contribution in [3.05, 3.63) is 0 Å². The standard InChI is InChI=1S/C13H16O6/c1-11(2)18-9(15)7(10(16)19-11)8(14)13-4-12(3,5-13)17-6-13/h7H,4-6H2,1-3H3. The quantitative estimate of drug-likeness (QED) is 0.538. The van der Waals surface area contributed by atoms with Gasteiger partial charge in [-0.05, 0) is 19.8 Å². The molecule has 4 fully saturated rings. The lowest BCUT2D eigenvalue weighted by molar-refractivity contribution is -0.239. The molecule has 3 heterocycles. The van der Waals surface area contributed by atoms with Gasteiger partial charge in [-0.2, -0.15) is 0 Å². The van der Waals surface area contributed by atoms with Crippen molar-refractivity contribution < 1.29 is 28.6 Å². The molecular formula is C13H16O6. The predicted molar refractivity (Wildman–Crippen MR) is 60.8 cm³/mol. The van der Waals surface area contributed by atoms with Crippen molar-refractivity contribution in [3.8, 4) is 0 Å². The highest BCUT2D eigenvalue weighted by Crippen LogP contribution is 2.59. The van der Waals surface area contributed by atoms with Crippen LogP contribution in [-0.4, -0.2) is 35.7 Å². The van der Waals surface area contributed by atoms with Crippen molar-refractivity contribution in [2.45, 2.75) is 45.0 Å². The fraction of sp³-hybridized carbons (Fsp3) is 0.769. The van der Waals surface area contributed by atoms with Crippen molar-refractivity contribution in [1.82, 2.24) is 0 Å². The van der Waals surface area contributed by atoms with E-state index in [1.165, 1.54) is 13.8 Å². The number of rotatable bonds is 2. The van der Waals surface area contributed by atoms with Gasteiger partial charge < -0.3 is 14.2 Å². The molecule has 0 aromatic carbocycles. The Bertz CT molecular complexity index is 465. The number of carbonyl (C=O) groups is 3. The molecule has 4 rings (SSSR count). The summed E-state index contributed by atoms with van der Waals surface area (Å²) in [7, 11) is 0. The zero-order valence-electron chi connectivity index (χ0n) is 11.1. The second kappa shape index (κ2) is 3.36. The van der Waals surface area contributed by atoms with Crippen molar-refractivity contribution in [2.24, 2.45) is 11.3 Å². The first-order valence-corrected chi connectivity index (χ1v) is 6.31. The molecule has 2 bridgehead atoms. The van der Waals surface area contributed by atoms with Crippen LogP contribution in [0.25, 0.3) is 0 Å². The first kappa shape index (κ1) is 12.6. The highest BCUT2D eigenvalue weighted by molar-refractivity contribution is 6.18. The minimum absolute atomic E-state index is 0.267. The number of hydrogen-bond donors (Lipinski definition) is 0. The van der Waals surface area contributed by atoms with Gasteiger partial charge in [0.1, 0.15) is 0 Å². The molecular weight excluding hydrogens is 252 g/mol. The molecule has 4 aliphatic rings. The average Bonchev–Trinajstić information content (AvgIpc) is 2.68. The molecule has 0 aromatic rings. The molecule has 19 heavy (non-hydrogen) atoms. The van der Waals surface area contributed by atoms with Gasteiger partial charge in [-0.15, -0.1) is 0 Å². The highest BCUT2D eigenvalue weighted by Gasteiger charge is 2.67. The topological polar surface area (TPSA) is 78.9 Å². The van der Waals surface area contributed by atoms with E-state index < -0.39 is 34.8 Å². The third-order valence-corrected chi connectivity index (χ3v) is 4.07. The molecule has 0 amide bonds. The molecule has 0 atom stereocenters. The smallest absolute Gasteiger partial charge is 0.331 e. The van der Waals surface area contributed by atoms with Crippen LogP contribution in [0.2, 0.25) is 0 Å². The van der Waals surface area contributed by atoms with E-state index >= 15 is 0 Å². The van der Waals surface area contributed by atoms with E-state index in [9.17, 15) is 14.4 Å². The number of cyclic esters (lactones) is 2. The maximum atomic E-state index is 12.5. The molecule has 0 radical (unpaired) electrons. The SMILES string of the molecule is CC12CC(C(=O)C3C(=O)OC(C)(C)OC3=O)(CO1)C2. The van der Waals surface area contributed by atoms with Crippen LogP contribution < -0.4 is 0 Å². The van der Waals surface area contributed by atoms with E-state index in [1.807, 2.05) is 6.92 Å². The zero-order valence-corrected chi connectivity index (χ0v) is 11.1. The van der Waals surface area contributed by atoms with Crippen LogP contribution in [0.4, 0.5) is 0 Å². The number of esters is 2. The number of hydrogen-bond acceptors (Lipinski definition) is 6. The van der Waals surface area contributed by atoms with Gasteiger partial charge in [-0.1, -0.05) is 0 Å². The second-order valence-electron chi connectivity index (χ2n) is 6.41. The summed E-state index contributed by atoms with van der Waals surface area (Å²) in [6.07, 6.45) is 1.11. The van der Waals surface area contributed by atoms with Gasteiger partial charge in [-0.25, -0.2) is 0 Å². The van der Waals surface area contributed by atoms with Gasteiger partial charge in [0.15, 0.2) is 5.78 Å². The number of fused-ring (bicyclic) bond motifs is 1. The normalized spacial score (nSPS) is 40.4. The summed E-state index contributed by atoms with van der Waals surface area (Å²) in [6.45, 7) is 5.11. The lowest BCUT2D eigenvalue weighted by Crippen LogP contribution is -2.56. The van der Waals surface area contributed by atoms with Crippen LogP contribution in [0, 0.1) is 11.3 Å². The van der Waals surface area contributed by atoms with Gasteiger partial charge in [0.05, 0.1) is 17.6 Å². The Kier molecular flexibility index (Phi) is 2.23. The number of ether oxygens (including phenoxy) is 3. The highest BCUT2D eigenvalue weighted by atomic mass is 16.7. The molecule has 3 aliphatic heterocycles.